The summed E-state index contributed by atoms with van der Waals surface area (Å²) in [6.45, 7) is 8.73. The third kappa shape index (κ3) is 3.60. The van der Waals surface area contributed by atoms with Gasteiger partial charge in [-0.3, -0.25) is 4.90 Å². The van der Waals surface area contributed by atoms with Crippen molar-refractivity contribution in [2.75, 3.05) is 43.4 Å². The first kappa shape index (κ1) is 14.1. The number of hydrogen-bond acceptors (Lipinski definition) is 4. The highest BCUT2D eigenvalue weighted by atomic mass is 15.2. The molecule has 4 heteroatoms. The summed E-state index contributed by atoms with van der Waals surface area (Å²) < 4.78 is 0. The molecule has 0 amide bonds. The number of pyridine rings is 1. The Morgan fingerprint density at radius 3 is 3.00 bits per heavy atom. The molecule has 0 aromatic carbocycles. The Morgan fingerprint density at radius 2 is 2.26 bits per heavy atom. The van der Waals surface area contributed by atoms with Crippen LogP contribution in [0.2, 0.25) is 0 Å². The van der Waals surface area contributed by atoms with Gasteiger partial charge in [-0.1, -0.05) is 13.0 Å². The third-order valence-corrected chi connectivity index (χ3v) is 3.87. The van der Waals surface area contributed by atoms with Crippen molar-refractivity contribution in [1.29, 1.82) is 0 Å². The van der Waals surface area contributed by atoms with E-state index in [1.165, 1.54) is 19.4 Å². The topological polar surface area (TPSA) is 31.4 Å². The number of likely N-dealkylation sites (tertiary alicyclic amines) is 1. The van der Waals surface area contributed by atoms with Gasteiger partial charge in [-0.05, 0) is 45.0 Å². The van der Waals surface area contributed by atoms with Crippen LogP contribution in [0.5, 0.6) is 0 Å². The molecule has 0 saturated carbocycles. The molecule has 1 fully saturated rings. The molecule has 4 nitrogen and oxygen atoms in total. The maximum Gasteiger partial charge on any atom is 0.130 e. The lowest BCUT2D eigenvalue weighted by Gasteiger charge is -2.28. The second-order valence-electron chi connectivity index (χ2n) is 5.22. The molecule has 0 spiro atoms. The predicted molar refractivity (Wildman–Crippen MR) is 81.9 cm³/mol. The Hall–Kier alpha value is -1.29. The molecule has 1 saturated heterocycles. The Balaban J connectivity index is 1.98. The molecule has 2 heterocycles. The molecule has 1 aromatic heterocycles. The van der Waals surface area contributed by atoms with Gasteiger partial charge in [-0.15, -0.1) is 0 Å². The van der Waals surface area contributed by atoms with Gasteiger partial charge < -0.3 is 10.2 Å². The van der Waals surface area contributed by atoms with E-state index in [0.29, 0.717) is 6.04 Å². The van der Waals surface area contributed by atoms with Crippen LogP contribution in [0.15, 0.2) is 18.2 Å². The van der Waals surface area contributed by atoms with Crippen molar-refractivity contribution in [3.63, 3.8) is 0 Å². The molecule has 1 aliphatic heterocycles. The highest BCUT2D eigenvalue weighted by Gasteiger charge is 2.24. The molecule has 1 aliphatic rings. The van der Waals surface area contributed by atoms with Crippen molar-refractivity contribution in [1.82, 2.24) is 9.88 Å². The Morgan fingerprint density at radius 1 is 1.42 bits per heavy atom. The van der Waals surface area contributed by atoms with Crippen molar-refractivity contribution in [3.05, 3.63) is 18.2 Å². The van der Waals surface area contributed by atoms with Gasteiger partial charge in [0.1, 0.15) is 11.6 Å². The fraction of sp³-hybridized carbons (Fsp3) is 0.667. The number of likely N-dealkylation sites (N-methyl/N-ethyl adjacent to an activating group) is 2. The van der Waals surface area contributed by atoms with Crippen molar-refractivity contribution in [3.8, 4) is 0 Å². The minimum absolute atomic E-state index is 0.680. The summed E-state index contributed by atoms with van der Waals surface area (Å²) >= 11 is 0. The van der Waals surface area contributed by atoms with Gasteiger partial charge in [0.05, 0.1) is 0 Å². The number of nitrogens with zero attached hydrogens (tertiary/aromatic N) is 3. The smallest absolute Gasteiger partial charge is 0.130 e. The number of nitrogens with one attached hydrogen (secondary N) is 1. The zero-order valence-electron chi connectivity index (χ0n) is 12.4. The molecule has 1 aromatic rings. The highest BCUT2D eigenvalue weighted by Crippen LogP contribution is 2.20. The first-order valence-electron chi connectivity index (χ1n) is 7.40. The third-order valence-electron chi connectivity index (χ3n) is 3.87. The first-order chi connectivity index (χ1) is 9.24. The van der Waals surface area contributed by atoms with Crippen molar-refractivity contribution >= 4 is 11.6 Å². The number of rotatable bonds is 6. The van der Waals surface area contributed by atoms with E-state index in [4.69, 9.17) is 0 Å². The monoisotopic (exact) mass is 262 g/mol. The summed E-state index contributed by atoms with van der Waals surface area (Å²) in [5.74, 6) is 2.02. The van der Waals surface area contributed by atoms with E-state index in [1.54, 1.807) is 0 Å². The molecule has 106 valence electrons. The van der Waals surface area contributed by atoms with E-state index in [1.807, 2.05) is 6.07 Å². The highest BCUT2D eigenvalue weighted by molar-refractivity contribution is 5.46. The largest absolute Gasteiger partial charge is 0.370 e. The summed E-state index contributed by atoms with van der Waals surface area (Å²) in [6.07, 6.45) is 2.64. The molecule has 0 radical (unpaired) electrons. The second-order valence-corrected chi connectivity index (χ2v) is 5.22. The fourth-order valence-electron chi connectivity index (χ4n) is 2.84. The molecule has 0 aliphatic carbocycles. The van der Waals surface area contributed by atoms with Gasteiger partial charge in [0.2, 0.25) is 0 Å². The Labute approximate surface area is 116 Å². The maximum atomic E-state index is 4.65. The van der Waals surface area contributed by atoms with Gasteiger partial charge in [0, 0.05) is 26.2 Å². The van der Waals surface area contributed by atoms with Crippen LogP contribution in [0.25, 0.3) is 0 Å². The van der Waals surface area contributed by atoms with E-state index >= 15 is 0 Å². The van der Waals surface area contributed by atoms with Crippen LogP contribution >= 0.6 is 0 Å². The van der Waals surface area contributed by atoms with E-state index in [9.17, 15) is 0 Å². The van der Waals surface area contributed by atoms with Crippen LogP contribution in [0.4, 0.5) is 11.6 Å². The predicted octanol–water partition coefficient (Wildman–Crippen LogP) is 2.43. The van der Waals surface area contributed by atoms with Gasteiger partial charge in [-0.25, -0.2) is 4.98 Å². The number of hydrogen-bond donors (Lipinski definition) is 1. The van der Waals surface area contributed by atoms with Gasteiger partial charge in [0.25, 0.3) is 0 Å². The Bertz CT molecular complexity index is 393. The van der Waals surface area contributed by atoms with Crippen molar-refractivity contribution in [2.24, 2.45) is 0 Å². The standard InChI is InChI=1S/C15H26N4/c1-4-16-14-9-6-10-15(17-14)18(3)12-13-8-7-11-19(13)5-2/h6,9-10,13H,4-5,7-8,11-12H2,1-3H3,(H,16,17). The Kier molecular flexibility index (Phi) is 5.02. The average Bonchev–Trinajstić information content (AvgIpc) is 2.86. The summed E-state index contributed by atoms with van der Waals surface area (Å²) in [5.41, 5.74) is 0. The normalized spacial score (nSPS) is 19.6. The summed E-state index contributed by atoms with van der Waals surface area (Å²) in [5, 5.41) is 3.27. The van der Waals surface area contributed by atoms with Gasteiger partial charge in [0.15, 0.2) is 0 Å². The van der Waals surface area contributed by atoms with Crippen LogP contribution in [0, 0.1) is 0 Å². The van der Waals surface area contributed by atoms with Crippen molar-refractivity contribution < 1.29 is 0 Å². The van der Waals surface area contributed by atoms with E-state index in [-0.39, 0.29) is 0 Å². The maximum absolute atomic E-state index is 4.65. The molecule has 1 unspecified atom stereocenters. The molecule has 1 atom stereocenters. The van der Waals surface area contributed by atoms with Crippen LogP contribution in [-0.2, 0) is 0 Å². The number of aromatic nitrogens is 1. The van der Waals surface area contributed by atoms with Crippen molar-refractivity contribution in [2.45, 2.75) is 32.7 Å². The molecular weight excluding hydrogens is 236 g/mol. The molecule has 0 bridgehead atoms. The zero-order chi connectivity index (χ0) is 13.7. The minimum atomic E-state index is 0.680. The summed E-state index contributed by atoms with van der Waals surface area (Å²) in [7, 11) is 2.14. The molecular formula is C15H26N4. The fourth-order valence-corrected chi connectivity index (χ4v) is 2.84. The average molecular weight is 262 g/mol. The molecule has 19 heavy (non-hydrogen) atoms. The minimum Gasteiger partial charge on any atom is -0.370 e. The number of anilines is 2. The first-order valence-corrected chi connectivity index (χ1v) is 7.40. The van der Waals surface area contributed by atoms with Crippen LogP contribution < -0.4 is 10.2 Å². The summed E-state index contributed by atoms with van der Waals surface area (Å²) in [4.78, 5) is 9.50. The zero-order valence-corrected chi connectivity index (χ0v) is 12.4. The van der Waals surface area contributed by atoms with Crippen LogP contribution in [0.1, 0.15) is 26.7 Å². The van der Waals surface area contributed by atoms with E-state index < -0.39 is 0 Å². The second kappa shape index (κ2) is 6.75. The summed E-state index contributed by atoms with van der Waals surface area (Å²) in [6, 6.07) is 6.86. The lowest BCUT2D eigenvalue weighted by Crippen LogP contribution is -2.39. The van der Waals surface area contributed by atoms with E-state index in [2.05, 4.69) is 53.1 Å². The molecule has 2 rings (SSSR count). The molecule has 1 N–H and O–H groups in total. The lowest BCUT2D eigenvalue weighted by atomic mass is 10.2. The van der Waals surface area contributed by atoms with Crippen LogP contribution in [-0.4, -0.2) is 49.2 Å². The quantitative estimate of drug-likeness (QED) is 0.853. The van der Waals surface area contributed by atoms with Gasteiger partial charge in [-0.2, -0.15) is 0 Å². The van der Waals surface area contributed by atoms with E-state index in [0.717, 1.165) is 31.3 Å². The SMILES string of the molecule is CCNc1cccc(N(C)CC2CCCN2CC)n1. The lowest BCUT2D eigenvalue weighted by molar-refractivity contribution is 0.270. The van der Waals surface area contributed by atoms with Crippen LogP contribution in [0.3, 0.4) is 0 Å². The van der Waals surface area contributed by atoms with Gasteiger partial charge >= 0.3 is 0 Å².